The highest BCUT2D eigenvalue weighted by Crippen LogP contribution is 2.50. The highest BCUT2D eigenvalue weighted by Gasteiger charge is 2.39. The molecule has 5 aromatic rings. The third-order valence-electron chi connectivity index (χ3n) is 8.28. The largest absolute Gasteiger partial charge is 0.472 e. The molecule has 0 fully saturated rings. The molecule has 1 heterocycles. The second kappa shape index (κ2) is 8.52. The maximum absolute atomic E-state index is 7.32. The standard InChI is InChI=1S/C35H31NO/c1-36(2)27-19-17-26(18-20-27)35(25-11-4-3-5-12-25)23-22-31-29-14-8-9-15-30(29)33-28-13-7-6-10-24(28)16-21-32(33)34(31)37-35/h3-7,10-13,16-23H,8-9,14-15H2,1-2H3. The van der Waals surface area contributed by atoms with Crippen molar-refractivity contribution in [1.29, 1.82) is 0 Å². The van der Waals surface area contributed by atoms with E-state index in [-0.39, 0.29) is 0 Å². The molecule has 0 saturated carbocycles. The van der Waals surface area contributed by atoms with Crippen molar-refractivity contribution in [3.8, 4) is 5.75 Å². The van der Waals surface area contributed by atoms with Crippen LogP contribution in [-0.2, 0) is 18.4 Å². The first-order valence-electron chi connectivity index (χ1n) is 13.4. The van der Waals surface area contributed by atoms with Crippen molar-refractivity contribution in [2.24, 2.45) is 0 Å². The molecule has 0 spiro atoms. The summed E-state index contributed by atoms with van der Waals surface area (Å²) in [5, 5.41) is 5.23. The molecule has 5 aromatic carbocycles. The fourth-order valence-electron chi connectivity index (χ4n) is 6.40. The number of ether oxygens (including phenoxy) is 1. The van der Waals surface area contributed by atoms with Gasteiger partial charge in [0.15, 0.2) is 5.60 Å². The number of hydrogen-bond acceptors (Lipinski definition) is 2. The van der Waals surface area contributed by atoms with E-state index in [1.54, 1.807) is 0 Å². The van der Waals surface area contributed by atoms with Gasteiger partial charge in [0.25, 0.3) is 0 Å². The average Bonchev–Trinajstić information content (AvgIpc) is 2.97. The Bertz CT molecular complexity index is 1660. The van der Waals surface area contributed by atoms with Crippen LogP contribution in [0.4, 0.5) is 5.69 Å². The first-order valence-corrected chi connectivity index (χ1v) is 13.4. The number of benzene rings is 5. The molecule has 0 bridgehead atoms. The Balaban J connectivity index is 1.52. The molecule has 0 radical (unpaired) electrons. The smallest absolute Gasteiger partial charge is 0.178 e. The number of nitrogens with zero attached hydrogens (tertiary/aromatic N) is 1. The molecule has 0 amide bonds. The lowest BCUT2D eigenvalue weighted by atomic mass is 9.78. The molecule has 37 heavy (non-hydrogen) atoms. The van der Waals surface area contributed by atoms with Gasteiger partial charge in [0.2, 0.25) is 0 Å². The molecule has 2 aliphatic rings. The molecule has 1 unspecified atom stereocenters. The fraction of sp³-hybridized carbons (Fsp3) is 0.200. The topological polar surface area (TPSA) is 12.5 Å². The Kier molecular flexibility index (Phi) is 5.11. The van der Waals surface area contributed by atoms with Crippen LogP contribution in [0, 0.1) is 0 Å². The molecule has 1 aliphatic heterocycles. The Morgan fingerprint density at radius 2 is 1.38 bits per heavy atom. The van der Waals surface area contributed by atoms with Crippen LogP contribution in [-0.4, -0.2) is 14.1 Å². The summed E-state index contributed by atoms with van der Waals surface area (Å²) in [6.45, 7) is 0. The number of hydrogen-bond donors (Lipinski definition) is 0. The molecule has 2 heteroatoms. The van der Waals surface area contributed by atoms with Crippen LogP contribution in [0.15, 0.2) is 97.1 Å². The average molecular weight is 482 g/mol. The number of anilines is 1. The van der Waals surface area contributed by atoms with Gasteiger partial charge in [-0.05, 0) is 77.2 Å². The van der Waals surface area contributed by atoms with Gasteiger partial charge in [0, 0.05) is 41.9 Å². The van der Waals surface area contributed by atoms with E-state index in [4.69, 9.17) is 4.74 Å². The first kappa shape index (κ1) is 22.2. The van der Waals surface area contributed by atoms with E-state index >= 15 is 0 Å². The van der Waals surface area contributed by atoms with Crippen molar-refractivity contribution in [2.45, 2.75) is 31.3 Å². The summed E-state index contributed by atoms with van der Waals surface area (Å²) in [5.41, 5.74) is 7.03. The molecule has 182 valence electrons. The molecule has 7 rings (SSSR count). The van der Waals surface area contributed by atoms with Gasteiger partial charge in [-0.3, -0.25) is 0 Å². The first-order chi connectivity index (χ1) is 18.2. The van der Waals surface area contributed by atoms with Gasteiger partial charge in [-0.25, -0.2) is 0 Å². The predicted octanol–water partition coefficient (Wildman–Crippen LogP) is 8.29. The van der Waals surface area contributed by atoms with Crippen LogP contribution in [0.1, 0.15) is 40.7 Å². The van der Waals surface area contributed by atoms with E-state index in [1.165, 1.54) is 56.8 Å². The summed E-state index contributed by atoms with van der Waals surface area (Å²) < 4.78 is 7.32. The van der Waals surface area contributed by atoms with Crippen molar-refractivity contribution < 1.29 is 4.74 Å². The predicted molar refractivity (Wildman–Crippen MR) is 156 cm³/mol. The Morgan fingerprint density at radius 3 is 2.16 bits per heavy atom. The summed E-state index contributed by atoms with van der Waals surface area (Å²) in [6, 6.07) is 32.8. The van der Waals surface area contributed by atoms with E-state index in [2.05, 4.69) is 122 Å². The SMILES string of the molecule is CN(C)c1ccc(C2(c3ccccc3)C=Cc3c4c(c5c(ccc6ccccc65)c3O2)CCCC4)cc1. The third-order valence-corrected chi connectivity index (χ3v) is 8.28. The Labute approximate surface area is 218 Å². The lowest BCUT2D eigenvalue weighted by Crippen LogP contribution is -2.34. The van der Waals surface area contributed by atoms with Gasteiger partial charge in [-0.2, -0.15) is 0 Å². The second-order valence-electron chi connectivity index (χ2n) is 10.6. The van der Waals surface area contributed by atoms with Crippen LogP contribution in [0.5, 0.6) is 5.75 Å². The summed E-state index contributed by atoms with van der Waals surface area (Å²) in [5.74, 6) is 1.02. The van der Waals surface area contributed by atoms with Crippen molar-refractivity contribution >= 4 is 33.3 Å². The van der Waals surface area contributed by atoms with Gasteiger partial charge in [0.1, 0.15) is 5.75 Å². The van der Waals surface area contributed by atoms with Crippen LogP contribution < -0.4 is 9.64 Å². The van der Waals surface area contributed by atoms with Gasteiger partial charge < -0.3 is 9.64 Å². The number of fused-ring (bicyclic) bond motifs is 8. The van der Waals surface area contributed by atoms with Crippen LogP contribution >= 0.6 is 0 Å². The van der Waals surface area contributed by atoms with Crippen molar-refractivity contribution in [3.63, 3.8) is 0 Å². The highest BCUT2D eigenvalue weighted by molar-refractivity contribution is 6.13. The van der Waals surface area contributed by atoms with E-state index in [0.717, 1.165) is 29.7 Å². The molecule has 0 aromatic heterocycles. The minimum absolute atomic E-state index is 0.694. The van der Waals surface area contributed by atoms with Gasteiger partial charge in [-0.1, -0.05) is 78.9 Å². The molecule has 0 N–H and O–H groups in total. The zero-order valence-electron chi connectivity index (χ0n) is 21.5. The molecular formula is C35H31NO. The molecule has 2 nitrogen and oxygen atoms in total. The molecule has 1 aliphatic carbocycles. The maximum Gasteiger partial charge on any atom is 0.178 e. The van der Waals surface area contributed by atoms with Crippen molar-refractivity contribution in [2.75, 3.05) is 19.0 Å². The number of rotatable bonds is 3. The van der Waals surface area contributed by atoms with Gasteiger partial charge in [-0.15, -0.1) is 0 Å². The summed E-state index contributed by atoms with van der Waals surface area (Å²) in [6.07, 6.45) is 9.37. The molecule has 1 atom stereocenters. The quantitative estimate of drug-likeness (QED) is 0.240. The van der Waals surface area contributed by atoms with Gasteiger partial charge in [0.05, 0.1) is 0 Å². The van der Waals surface area contributed by atoms with E-state index < -0.39 is 5.60 Å². The minimum atomic E-state index is -0.694. The lowest BCUT2D eigenvalue weighted by Gasteiger charge is -2.38. The highest BCUT2D eigenvalue weighted by atomic mass is 16.5. The summed E-state index contributed by atoms with van der Waals surface area (Å²) in [7, 11) is 4.16. The second-order valence-corrected chi connectivity index (χ2v) is 10.6. The van der Waals surface area contributed by atoms with Crippen molar-refractivity contribution in [1.82, 2.24) is 0 Å². The van der Waals surface area contributed by atoms with Crippen LogP contribution in [0.2, 0.25) is 0 Å². The maximum atomic E-state index is 7.32. The minimum Gasteiger partial charge on any atom is -0.472 e. The van der Waals surface area contributed by atoms with Crippen LogP contribution in [0.3, 0.4) is 0 Å². The molecule has 0 saturated heterocycles. The Hall–Kier alpha value is -4.04. The zero-order valence-corrected chi connectivity index (χ0v) is 21.5. The Morgan fingerprint density at radius 1 is 0.676 bits per heavy atom. The zero-order chi connectivity index (χ0) is 25.0. The molecular weight excluding hydrogens is 450 g/mol. The van der Waals surface area contributed by atoms with E-state index in [0.29, 0.717) is 0 Å². The van der Waals surface area contributed by atoms with E-state index in [1.807, 2.05) is 0 Å². The fourth-order valence-corrected chi connectivity index (χ4v) is 6.40. The van der Waals surface area contributed by atoms with Gasteiger partial charge >= 0.3 is 0 Å². The monoisotopic (exact) mass is 481 g/mol. The van der Waals surface area contributed by atoms with Crippen molar-refractivity contribution in [3.05, 3.63) is 125 Å². The summed E-state index contributed by atoms with van der Waals surface area (Å²) >= 11 is 0. The number of aryl methyl sites for hydroxylation is 1. The van der Waals surface area contributed by atoms with Crippen LogP contribution in [0.25, 0.3) is 27.6 Å². The lowest BCUT2D eigenvalue weighted by molar-refractivity contribution is 0.163. The van der Waals surface area contributed by atoms with E-state index in [9.17, 15) is 0 Å². The normalized spacial score (nSPS) is 18.3. The third kappa shape index (κ3) is 3.39. The summed E-state index contributed by atoms with van der Waals surface area (Å²) in [4.78, 5) is 2.14.